The number of aliphatic imine (C=N–C) groups is 3. The zero-order valence-electron chi connectivity index (χ0n) is 12.4. The summed E-state index contributed by atoms with van der Waals surface area (Å²) in [6.45, 7) is 0. The molecule has 0 saturated carbocycles. The highest BCUT2D eigenvalue weighted by atomic mass is 79.9. The van der Waals surface area contributed by atoms with E-state index in [0.717, 1.165) is 16.8 Å². The third-order valence-electron chi connectivity index (χ3n) is 3.90. The lowest BCUT2D eigenvalue weighted by molar-refractivity contribution is 0.621. The predicted molar refractivity (Wildman–Crippen MR) is 98.5 cm³/mol. The van der Waals surface area contributed by atoms with Gasteiger partial charge in [-0.1, -0.05) is 30.3 Å². The molecular weight excluding hydrogens is 371 g/mol. The van der Waals surface area contributed by atoms with Crippen molar-refractivity contribution in [1.29, 1.82) is 0 Å². The number of halogens is 2. The van der Waals surface area contributed by atoms with Crippen molar-refractivity contribution >= 4 is 38.4 Å². The summed E-state index contributed by atoms with van der Waals surface area (Å²) in [6, 6.07) is 16.0. The second-order valence-electron chi connectivity index (χ2n) is 5.40. The largest absolute Gasteiger partial charge is 0.354 e. The van der Waals surface area contributed by atoms with Gasteiger partial charge in [-0.25, -0.2) is 19.4 Å². The minimum absolute atomic E-state index is 0.283. The first-order valence-electron chi connectivity index (χ1n) is 7.35. The first-order chi connectivity index (χ1) is 11.7. The van der Waals surface area contributed by atoms with Crippen molar-refractivity contribution in [2.24, 2.45) is 15.0 Å². The first-order valence-corrected chi connectivity index (χ1v) is 8.14. The number of benzene rings is 2. The highest BCUT2D eigenvalue weighted by molar-refractivity contribution is 9.18. The Labute approximate surface area is 146 Å². The van der Waals surface area contributed by atoms with E-state index in [0.29, 0.717) is 10.5 Å². The lowest BCUT2D eigenvalue weighted by atomic mass is 9.89. The smallest absolute Gasteiger partial charge is 0.187 e. The van der Waals surface area contributed by atoms with E-state index in [1.165, 1.54) is 18.5 Å². The fourth-order valence-electron chi connectivity index (χ4n) is 2.80. The van der Waals surface area contributed by atoms with Crippen molar-refractivity contribution < 1.29 is 4.39 Å². The van der Waals surface area contributed by atoms with E-state index >= 15 is 0 Å². The van der Waals surface area contributed by atoms with Gasteiger partial charge >= 0.3 is 0 Å². The SMILES string of the molecule is Fc1ccc(NC2(c3ccccc3)N=CN=C3N=C(Br)C=C32)cc1. The van der Waals surface area contributed by atoms with Gasteiger partial charge in [0.1, 0.15) is 16.8 Å². The Balaban J connectivity index is 1.85. The van der Waals surface area contributed by atoms with Crippen molar-refractivity contribution in [3.05, 3.63) is 77.6 Å². The highest BCUT2D eigenvalue weighted by Crippen LogP contribution is 2.39. The lowest BCUT2D eigenvalue weighted by Crippen LogP contribution is -2.39. The number of anilines is 1. The number of hydrogen-bond acceptors (Lipinski definition) is 4. The van der Waals surface area contributed by atoms with Gasteiger partial charge in [-0.15, -0.1) is 0 Å². The molecule has 118 valence electrons. The van der Waals surface area contributed by atoms with Crippen LogP contribution in [0.25, 0.3) is 0 Å². The zero-order chi connectivity index (χ0) is 16.6. The molecular formula is C18H12BrFN4. The molecule has 0 fully saturated rings. The third-order valence-corrected chi connectivity index (χ3v) is 4.31. The van der Waals surface area contributed by atoms with E-state index in [-0.39, 0.29) is 5.82 Å². The maximum Gasteiger partial charge on any atom is 0.187 e. The number of amidine groups is 1. The van der Waals surface area contributed by atoms with Gasteiger partial charge in [-0.05, 0) is 46.3 Å². The van der Waals surface area contributed by atoms with Crippen LogP contribution in [0, 0.1) is 5.82 Å². The molecule has 0 bridgehead atoms. The van der Waals surface area contributed by atoms with Gasteiger partial charge in [0.2, 0.25) is 0 Å². The average Bonchev–Trinajstić information content (AvgIpc) is 2.99. The quantitative estimate of drug-likeness (QED) is 0.846. The van der Waals surface area contributed by atoms with Gasteiger partial charge in [0.25, 0.3) is 0 Å². The molecule has 0 aliphatic carbocycles. The molecule has 0 radical (unpaired) electrons. The van der Waals surface area contributed by atoms with Crippen LogP contribution >= 0.6 is 15.9 Å². The van der Waals surface area contributed by atoms with Crippen LogP contribution < -0.4 is 5.32 Å². The Hall–Kier alpha value is -2.60. The molecule has 1 N–H and O–H groups in total. The number of rotatable bonds is 3. The van der Waals surface area contributed by atoms with Gasteiger partial charge in [-0.2, -0.15) is 0 Å². The van der Waals surface area contributed by atoms with Crippen molar-refractivity contribution in [2.75, 3.05) is 5.32 Å². The van der Waals surface area contributed by atoms with Crippen LogP contribution in [0.2, 0.25) is 0 Å². The third kappa shape index (κ3) is 2.49. The van der Waals surface area contributed by atoms with Crippen molar-refractivity contribution in [1.82, 2.24) is 0 Å². The second-order valence-corrected chi connectivity index (χ2v) is 6.21. The fourth-order valence-corrected chi connectivity index (χ4v) is 3.20. The normalized spacial score (nSPS) is 21.7. The van der Waals surface area contributed by atoms with E-state index in [9.17, 15) is 4.39 Å². The van der Waals surface area contributed by atoms with Gasteiger partial charge in [0, 0.05) is 11.3 Å². The van der Waals surface area contributed by atoms with Crippen LogP contribution in [0.1, 0.15) is 5.56 Å². The van der Waals surface area contributed by atoms with Gasteiger partial charge in [0.05, 0.1) is 5.57 Å². The summed E-state index contributed by atoms with van der Waals surface area (Å²) in [5.41, 5.74) is 1.67. The van der Waals surface area contributed by atoms with Crippen LogP contribution in [0.3, 0.4) is 0 Å². The zero-order valence-corrected chi connectivity index (χ0v) is 14.0. The molecule has 4 nitrogen and oxygen atoms in total. The van der Waals surface area contributed by atoms with Crippen LogP contribution in [0.5, 0.6) is 0 Å². The number of nitrogens with zero attached hydrogens (tertiary/aromatic N) is 3. The van der Waals surface area contributed by atoms with E-state index in [1.54, 1.807) is 12.1 Å². The van der Waals surface area contributed by atoms with Crippen molar-refractivity contribution in [3.8, 4) is 0 Å². The standard InChI is InChI=1S/C18H12BrFN4/c19-16-10-15-17(23-16)21-11-22-18(15,12-4-2-1-3-5-12)24-14-8-6-13(20)7-9-14/h1-11,24H. The average molecular weight is 383 g/mol. The molecule has 2 aromatic rings. The Morgan fingerprint density at radius 1 is 1.00 bits per heavy atom. The molecule has 2 aliphatic heterocycles. The van der Waals surface area contributed by atoms with Crippen molar-refractivity contribution in [3.63, 3.8) is 0 Å². The van der Waals surface area contributed by atoms with Crippen LogP contribution in [0.4, 0.5) is 10.1 Å². The number of nitrogens with one attached hydrogen (secondary N) is 1. The van der Waals surface area contributed by atoms with Gasteiger partial charge in [0.15, 0.2) is 11.5 Å². The lowest BCUT2D eigenvalue weighted by Gasteiger charge is -2.34. The summed E-state index contributed by atoms with van der Waals surface area (Å²) in [6.07, 6.45) is 3.41. The molecule has 6 heteroatoms. The van der Waals surface area contributed by atoms with Crippen LogP contribution in [-0.4, -0.2) is 16.8 Å². The van der Waals surface area contributed by atoms with Gasteiger partial charge < -0.3 is 5.32 Å². The van der Waals surface area contributed by atoms with Gasteiger partial charge in [-0.3, -0.25) is 0 Å². The molecule has 24 heavy (non-hydrogen) atoms. The maximum atomic E-state index is 13.2. The molecule has 0 spiro atoms. The van der Waals surface area contributed by atoms with E-state index in [4.69, 9.17) is 0 Å². The number of fused-ring (bicyclic) bond motifs is 1. The molecule has 2 heterocycles. The predicted octanol–water partition coefficient (Wildman–Crippen LogP) is 4.26. The number of allylic oxidation sites excluding steroid dienone is 1. The molecule has 1 atom stereocenters. The molecule has 2 aliphatic rings. The minimum Gasteiger partial charge on any atom is -0.354 e. The molecule has 0 amide bonds. The second kappa shape index (κ2) is 5.79. The van der Waals surface area contributed by atoms with E-state index in [1.807, 2.05) is 36.4 Å². The summed E-state index contributed by atoms with van der Waals surface area (Å²) >= 11 is 3.41. The minimum atomic E-state index is -0.866. The molecule has 4 rings (SSSR count). The van der Waals surface area contributed by atoms with Crippen molar-refractivity contribution in [2.45, 2.75) is 5.66 Å². The summed E-state index contributed by atoms with van der Waals surface area (Å²) in [7, 11) is 0. The van der Waals surface area contributed by atoms with E-state index in [2.05, 4.69) is 36.2 Å². The monoisotopic (exact) mass is 382 g/mol. The van der Waals surface area contributed by atoms with Crippen LogP contribution in [0.15, 0.2) is 81.2 Å². The number of hydrogen-bond donors (Lipinski definition) is 1. The summed E-state index contributed by atoms with van der Waals surface area (Å²) in [4.78, 5) is 13.3. The molecule has 2 aromatic carbocycles. The summed E-state index contributed by atoms with van der Waals surface area (Å²) < 4.78 is 13.9. The maximum absolute atomic E-state index is 13.2. The Bertz CT molecular complexity index is 900. The van der Waals surface area contributed by atoms with E-state index < -0.39 is 5.66 Å². The Morgan fingerprint density at radius 2 is 1.75 bits per heavy atom. The Kier molecular flexibility index (Phi) is 3.61. The fraction of sp³-hybridized carbons (Fsp3) is 0.0556. The molecule has 0 saturated heterocycles. The van der Waals surface area contributed by atoms with Crippen LogP contribution in [-0.2, 0) is 5.66 Å². The first kappa shape index (κ1) is 15.0. The molecule has 1 unspecified atom stereocenters. The highest BCUT2D eigenvalue weighted by Gasteiger charge is 2.42. The summed E-state index contributed by atoms with van der Waals surface area (Å²) in [5, 5.41) is 3.42. The Morgan fingerprint density at radius 3 is 2.50 bits per heavy atom. The molecule has 0 aromatic heterocycles. The topological polar surface area (TPSA) is 49.1 Å². The summed E-state index contributed by atoms with van der Waals surface area (Å²) in [5.74, 6) is 0.324.